The van der Waals surface area contributed by atoms with Gasteiger partial charge in [-0.2, -0.15) is 0 Å². The second-order valence-corrected chi connectivity index (χ2v) is 9.51. The number of carbonyl (C=O) groups is 1. The number of hydrogen-bond acceptors (Lipinski definition) is 6. The van der Waals surface area contributed by atoms with Crippen molar-refractivity contribution in [3.05, 3.63) is 57.7 Å². The Hall–Kier alpha value is -2.80. The summed E-state index contributed by atoms with van der Waals surface area (Å²) in [5, 5.41) is 4.41. The van der Waals surface area contributed by atoms with Crippen molar-refractivity contribution in [2.75, 3.05) is 5.32 Å². The molecule has 0 radical (unpaired) electrons. The molecule has 1 fully saturated rings. The summed E-state index contributed by atoms with van der Waals surface area (Å²) >= 11 is 1.35. The van der Waals surface area contributed by atoms with Crippen LogP contribution in [0.15, 0.2) is 36.7 Å². The highest BCUT2D eigenvalue weighted by Gasteiger charge is 2.20. The van der Waals surface area contributed by atoms with Gasteiger partial charge in [-0.15, -0.1) is 11.3 Å². The Morgan fingerprint density at radius 1 is 1.23 bits per heavy atom. The maximum absolute atomic E-state index is 11.3. The zero-order chi connectivity index (χ0) is 21.8. The lowest BCUT2D eigenvalue weighted by molar-refractivity contribution is 0.100. The Morgan fingerprint density at radius 3 is 2.74 bits per heavy atom. The molecule has 1 aliphatic rings. The molecule has 1 aromatic carbocycles. The molecular weight excluding hydrogens is 406 g/mol. The van der Waals surface area contributed by atoms with Crippen LogP contribution >= 0.6 is 11.3 Å². The van der Waals surface area contributed by atoms with Crippen LogP contribution in [0, 0.1) is 12.8 Å². The molecule has 2 heterocycles. The van der Waals surface area contributed by atoms with Crippen LogP contribution in [-0.4, -0.2) is 26.9 Å². The zero-order valence-electron chi connectivity index (χ0n) is 18.1. The summed E-state index contributed by atoms with van der Waals surface area (Å²) in [5.74, 6) is 0.962. The van der Waals surface area contributed by atoms with E-state index < -0.39 is 5.91 Å². The Balaban J connectivity index is 1.47. The van der Waals surface area contributed by atoms with E-state index in [4.69, 9.17) is 10.7 Å². The van der Waals surface area contributed by atoms with Crippen molar-refractivity contribution in [2.45, 2.75) is 58.4 Å². The molecule has 162 valence electrons. The molecule has 1 atom stereocenters. The van der Waals surface area contributed by atoms with Crippen molar-refractivity contribution in [3.8, 4) is 11.3 Å². The van der Waals surface area contributed by atoms with Gasteiger partial charge in [-0.1, -0.05) is 31.4 Å². The smallest absolute Gasteiger partial charge is 0.260 e. The van der Waals surface area contributed by atoms with Crippen LogP contribution in [0.1, 0.15) is 64.8 Å². The minimum atomic E-state index is -0.429. The van der Waals surface area contributed by atoms with E-state index in [9.17, 15) is 4.79 Å². The van der Waals surface area contributed by atoms with Crippen LogP contribution in [-0.2, 0) is 6.42 Å². The summed E-state index contributed by atoms with van der Waals surface area (Å²) in [6.45, 7) is 4.33. The number of amides is 1. The van der Waals surface area contributed by atoms with Gasteiger partial charge in [-0.05, 0) is 55.9 Å². The fourth-order valence-corrected chi connectivity index (χ4v) is 5.06. The zero-order valence-corrected chi connectivity index (χ0v) is 18.9. The van der Waals surface area contributed by atoms with Gasteiger partial charge in [0.25, 0.3) is 5.91 Å². The summed E-state index contributed by atoms with van der Waals surface area (Å²) in [6, 6.07) is 8.67. The van der Waals surface area contributed by atoms with Crippen molar-refractivity contribution in [1.82, 2.24) is 15.0 Å². The maximum atomic E-state index is 11.3. The molecule has 0 aliphatic heterocycles. The lowest BCUT2D eigenvalue weighted by Crippen LogP contribution is -2.28. The number of nitrogens with one attached hydrogen (secondary N) is 1. The summed E-state index contributed by atoms with van der Waals surface area (Å²) < 4.78 is 0. The summed E-state index contributed by atoms with van der Waals surface area (Å²) in [5.41, 5.74) is 9.65. The first-order chi connectivity index (χ1) is 15.0. The molecule has 2 aromatic heterocycles. The third-order valence-electron chi connectivity index (χ3n) is 6.15. The number of aromatic nitrogens is 3. The van der Waals surface area contributed by atoms with E-state index in [1.165, 1.54) is 49.0 Å². The molecular formula is C24H29N5OS. The van der Waals surface area contributed by atoms with Crippen molar-refractivity contribution in [3.63, 3.8) is 0 Å². The fourth-order valence-electron chi connectivity index (χ4n) is 4.27. The van der Waals surface area contributed by atoms with Gasteiger partial charge < -0.3 is 11.1 Å². The van der Waals surface area contributed by atoms with E-state index in [1.807, 2.05) is 12.3 Å². The molecule has 1 aliphatic carbocycles. The van der Waals surface area contributed by atoms with Gasteiger partial charge in [0.05, 0.1) is 16.9 Å². The first-order valence-corrected chi connectivity index (χ1v) is 11.8. The molecule has 31 heavy (non-hydrogen) atoms. The molecule has 1 amide bonds. The fraction of sp³-hybridized carbons (Fsp3) is 0.417. The average Bonchev–Trinajstić information content (AvgIpc) is 3.25. The van der Waals surface area contributed by atoms with Crippen molar-refractivity contribution in [1.29, 1.82) is 0 Å². The van der Waals surface area contributed by atoms with Crippen LogP contribution in [0.4, 0.5) is 5.95 Å². The summed E-state index contributed by atoms with van der Waals surface area (Å²) in [7, 11) is 0. The van der Waals surface area contributed by atoms with Gasteiger partial charge in [0, 0.05) is 24.2 Å². The lowest BCUT2D eigenvalue weighted by Gasteiger charge is -2.28. The Morgan fingerprint density at radius 2 is 2.03 bits per heavy atom. The molecule has 1 unspecified atom stereocenters. The molecule has 3 aromatic rings. The monoisotopic (exact) mass is 435 g/mol. The maximum Gasteiger partial charge on any atom is 0.260 e. The predicted molar refractivity (Wildman–Crippen MR) is 125 cm³/mol. The SMILES string of the molecule is Cc1cc(-c2ccnc(NC(C)C3CCCCC3)n2)ccc1Cc1ncc(C(N)=O)s1. The minimum absolute atomic E-state index is 0.378. The van der Waals surface area contributed by atoms with E-state index in [2.05, 4.69) is 47.3 Å². The largest absolute Gasteiger partial charge is 0.365 e. The molecule has 6 nitrogen and oxygen atoms in total. The Labute approximate surface area is 187 Å². The van der Waals surface area contributed by atoms with E-state index in [1.54, 1.807) is 6.20 Å². The van der Waals surface area contributed by atoms with Crippen LogP contribution in [0.5, 0.6) is 0 Å². The summed E-state index contributed by atoms with van der Waals surface area (Å²) in [6.07, 6.45) is 10.6. The molecule has 0 bridgehead atoms. The van der Waals surface area contributed by atoms with Gasteiger partial charge in [0.1, 0.15) is 4.88 Å². The standard InChI is InChI=1S/C24H29N5OS/c1-15-12-19(9-8-18(15)13-22-27-14-21(31-22)23(25)30)20-10-11-26-24(29-20)28-16(2)17-6-4-3-5-7-17/h8-12,14,16-17H,3-7,13H2,1-2H3,(H2,25,30)(H,26,28,29). The van der Waals surface area contributed by atoms with Crippen molar-refractivity contribution >= 4 is 23.2 Å². The average molecular weight is 436 g/mol. The number of rotatable bonds is 7. The molecule has 3 N–H and O–H groups in total. The third kappa shape index (κ3) is 5.28. The van der Waals surface area contributed by atoms with Gasteiger partial charge >= 0.3 is 0 Å². The van der Waals surface area contributed by atoms with Gasteiger partial charge in [-0.25, -0.2) is 15.0 Å². The number of primary amides is 1. The first-order valence-electron chi connectivity index (χ1n) is 10.9. The second-order valence-electron chi connectivity index (χ2n) is 8.40. The van der Waals surface area contributed by atoms with E-state index in [0.29, 0.717) is 29.2 Å². The quantitative estimate of drug-likeness (QED) is 0.546. The van der Waals surface area contributed by atoms with E-state index >= 15 is 0 Å². The van der Waals surface area contributed by atoms with Gasteiger partial charge in [-0.3, -0.25) is 4.79 Å². The topological polar surface area (TPSA) is 93.8 Å². The number of nitrogens with zero attached hydrogens (tertiary/aromatic N) is 3. The summed E-state index contributed by atoms with van der Waals surface area (Å²) in [4.78, 5) is 25.3. The van der Waals surface area contributed by atoms with Crippen LogP contribution in [0.2, 0.25) is 0 Å². The number of benzene rings is 1. The highest BCUT2D eigenvalue weighted by Crippen LogP contribution is 2.28. The number of carbonyl (C=O) groups excluding carboxylic acids is 1. The number of nitrogens with two attached hydrogens (primary N) is 1. The Bertz CT molecular complexity index is 1060. The second kappa shape index (κ2) is 9.56. The molecule has 0 spiro atoms. The minimum Gasteiger partial charge on any atom is -0.365 e. The highest BCUT2D eigenvalue weighted by atomic mass is 32.1. The van der Waals surface area contributed by atoms with E-state index in [-0.39, 0.29) is 0 Å². The van der Waals surface area contributed by atoms with Crippen LogP contribution in [0.25, 0.3) is 11.3 Å². The molecule has 4 rings (SSSR count). The highest BCUT2D eigenvalue weighted by molar-refractivity contribution is 7.13. The normalized spacial score (nSPS) is 15.5. The Kier molecular flexibility index (Phi) is 6.61. The van der Waals surface area contributed by atoms with Crippen molar-refractivity contribution < 1.29 is 4.79 Å². The molecule has 0 saturated heterocycles. The first kappa shape index (κ1) is 21.4. The number of hydrogen-bond donors (Lipinski definition) is 2. The third-order valence-corrected chi connectivity index (χ3v) is 7.16. The van der Waals surface area contributed by atoms with Gasteiger partial charge in [0.15, 0.2) is 0 Å². The number of anilines is 1. The van der Waals surface area contributed by atoms with Crippen LogP contribution < -0.4 is 11.1 Å². The van der Waals surface area contributed by atoms with Crippen LogP contribution in [0.3, 0.4) is 0 Å². The number of thiazole rings is 1. The molecule has 1 saturated carbocycles. The predicted octanol–water partition coefficient (Wildman–Crippen LogP) is 4.98. The number of aryl methyl sites for hydroxylation is 1. The molecule has 7 heteroatoms. The van der Waals surface area contributed by atoms with Gasteiger partial charge in [0.2, 0.25) is 5.95 Å². The van der Waals surface area contributed by atoms with E-state index in [0.717, 1.165) is 21.8 Å². The van der Waals surface area contributed by atoms with Crippen molar-refractivity contribution in [2.24, 2.45) is 11.7 Å². The lowest BCUT2D eigenvalue weighted by atomic mass is 9.85.